The molecule has 0 fully saturated rings. The third-order valence-corrected chi connectivity index (χ3v) is 19.4. The Hall–Kier alpha value is -9.02. The molecule has 17 rings (SSSR count). The molecule has 2 aliphatic rings. The molecule has 3 heteroatoms. The van der Waals surface area contributed by atoms with Crippen molar-refractivity contribution in [2.24, 2.45) is 0 Å². The zero-order valence-corrected chi connectivity index (χ0v) is 44.1. The molecule has 0 spiro atoms. The molecule has 0 unspecified atom stereocenters. The predicted octanol–water partition coefficient (Wildman–Crippen LogP) is 20.5. The zero-order valence-electron chi connectivity index (χ0n) is 43.2. The summed E-state index contributed by atoms with van der Waals surface area (Å²) in [6.45, 7) is 9.67. The first-order valence-corrected chi connectivity index (χ1v) is 27.9. The highest BCUT2D eigenvalue weighted by Crippen LogP contribution is 2.56. The third kappa shape index (κ3) is 5.79. The number of aromatic nitrogens is 2. The molecule has 77 heavy (non-hydrogen) atoms. The molecule has 0 bridgehead atoms. The standard InChI is InChI=1S/C74H50N2S/c1-73(2)63-27-15-11-23-47(63)55-39-53-51(43-31-33-69-57(35-43)49-25-13-17-29-67(49)75(69)45-19-7-5-8-20-45)37-59-60-38-52(44-32-34-70-58(36-44)50-26-14-18-30-68(50)76(70)46-21-9-6-10-22-46)54-40-56-48-24-12-16-28-64(48)74(3,4)66(56)42-62(54)72(60)77-71(59)61(53)41-65(55)73/h5-42H,1-4H3. The molecular formula is C74H50N2S. The highest BCUT2D eigenvalue weighted by molar-refractivity contribution is 7.27. The van der Waals surface area contributed by atoms with Gasteiger partial charge >= 0.3 is 0 Å². The van der Waals surface area contributed by atoms with Gasteiger partial charge in [0.15, 0.2) is 0 Å². The second kappa shape index (κ2) is 15.3. The van der Waals surface area contributed by atoms with Crippen LogP contribution in [-0.2, 0) is 10.8 Å². The SMILES string of the molecule is CC1(C)c2ccccc2-c2cc3c(-c4ccc5c(c4)c4ccccc4n5-c4ccccc4)cc4c5cc(-c6ccc7c(c6)c6ccccc6n7-c6ccccc6)c6cc7c(cc6c5sc4c3cc21)C(C)(C)c1ccccc1-7. The minimum absolute atomic E-state index is 0.152. The summed E-state index contributed by atoms with van der Waals surface area (Å²) < 4.78 is 7.54. The van der Waals surface area contributed by atoms with Gasteiger partial charge in [0.2, 0.25) is 0 Å². The molecule has 0 amide bonds. The molecule has 2 nitrogen and oxygen atoms in total. The lowest BCUT2D eigenvalue weighted by atomic mass is 9.81. The lowest BCUT2D eigenvalue weighted by Crippen LogP contribution is -2.14. The number of hydrogen-bond donors (Lipinski definition) is 0. The Labute approximate surface area is 450 Å². The van der Waals surface area contributed by atoms with Gasteiger partial charge in [0, 0.05) is 74.7 Å². The van der Waals surface area contributed by atoms with E-state index in [4.69, 9.17) is 0 Å². The van der Waals surface area contributed by atoms with Gasteiger partial charge in [0.25, 0.3) is 0 Å². The molecule has 0 aliphatic heterocycles. The second-order valence-electron chi connectivity index (χ2n) is 22.8. The summed E-state index contributed by atoms with van der Waals surface area (Å²) >= 11 is 1.99. The van der Waals surface area contributed by atoms with Gasteiger partial charge in [-0.2, -0.15) is 0 Å². The fraction of sp³-hybridized carbons (Fsp3) is 0.0811. The third-order valence-electron chi connectivity index (χ3n) is 18.1. The van der Waals surface area contributed by atoms with Gasteiger partial charge in [-0.1, -0.05) is 161 Å². The number of nitrogens with zero attached hydrogens (tertiary/aromatic N) is 2. The van der Waals surface area contributed by atoms with Crippen molar-refractivity contribution in [1.82, 2.24) is 9.13 Å². The van der Waals surface area contributed by atoms with Crippen molar-refractivity contribution in [2.45, 2.75) is 38.5 Å². The number of fused-ring (bicyclic) bond motifs is 19. The molecule has 3 aromatic heterocycles. The van der Waals surface area contributed by atoms with Crippen LogP contribution in [0.2, 0.25) is 0 Å². The maximum atomic E-state index is 2.59. The van der Waals surface area contributed by atoms with Crippen molar-refractivity contribution in [1.29, 1.82) is 0 Å². The average molecular weight is 999 g/mol. The van der Waals surface area contributed by atoms with E-state index in [2.05, 4.69) is 267 Å². The number of rotatable bonds is 4. The van der Waals surface area contributed by atoms with Crippen LogP contribution in [0.4, 0.5) is 0 Å². The minimum Gasteiger partial charge on any atom is -0.309 e. The van der Waals surface area contributed by atoms with Crippen LogP contribution in [0.5, 0.6) is 0 Å². The van der Waals surface area contributed by atoms with Crippen molar-refractivity contribution in [3.63, 3.8) is 0 Å². The number of benzene rings is 12. The van der Waals surface area contributed by atoms with Crippen molar-refractivity contribution in [3.8, 4) is 55.9 Å². The van der Waals surface area contributed by atoms with Crippen LogP contribution >= 0.6 is 11.3 Å². The van der Waals surface area contributed by atoms with Crippen LogP contribution in [-0.4, -0.2) is 9.13 Å². The number of hydrogen-bond acceptors (Lipinski definition) is 1. The molecule has 0 saturated carbocycles. The highest BCUT2D eigenvalue weighted by Gasteiger charge is 2.38. The van der Waals surface area contributed by atoms with Crippen molar-refractivity contribution < 1.29 is 0 Å². The largest absolute Gasteiger partial charge is 0.309 e. The molecule has 15 aromatic rings. The van der Waals surface area contributed by atoms with Crippen LogP contribution in [0.15, 0.2) is 231 Å². The molecule has 2 aliphatic carbocycles. The first-order chi connectivity index (χ1) is 37.7. The van der Waals surface area contributed by atoms with E-state index >= 15 is 0 Å². The Kier molecular flexibility index (Phi) is 8.60. The molecule has 0 atom stereocenters. The molecule has 12 aromatic carbocycles. The van der Waals surface area contributed by atoms with Crippen LogP contribution in [0.3, 0.4) is 0 Å². The van der Waals surface area contributed by atoms with Gasteiger partial charge in [-0.25, -0.2) is 0 Å². The van der Waals surface area contributed by atoms with Gasteiger partial charge in [-0.05, 0) is 175 Å². The Balaban J connectivity index is 0.995. The van der Waals surface area contributed by atoms with Gasteiger partial charge in [-0.3, -0.25) is 0 Å². The van der Waals surface area contributed by atoms with E-state index in [-0.39, 0.29) is 10.8 Å². The first kappa shape index (κ1) is 43.2. The highest BCUT2D eigenvalue weighted by atomic mass is 32.1. The lowest BCUT2D eigenvalue weighted by Gasteiger charge is -2.22. The predicted molar refractivity (Wildman–Crippen MR) is 329 cm³/mol. The average Bonchev–Trinajstić information content (AvgIpc) is 4.35. The van der Waals surface area contributed by atoms with Gasteiger partial charge in [0.1, 0.15) is 0 Å². The van der Waals surface area contributed by atoms with Crippen LogP contribution < -0.4 is 0 Å². The normalized spacial score (nSPS) is 14.2. The number of para-hydroxylation sites is 4. The van der Waals surface area contributed by atoms with E-state index < -0.39 is 0 Å². The van der Waals surface area contributed by atoms with E-state index in [1.807, 2.05) is 11.3 Å². The molecule has 362 valence electrons. The van der Waals surface area contributed by atoms with Crippen LogP contribution in [0, 0.1) is 0 Å². The van der Waals surface area contributed by atoms with Crippen molar-refractivity contribution in [3.05, 3.63) is 253 Å². The van der Waals surface area contributed by atoms with Gasteiger partial charge in [0.05, 0.1) is 22.1 Å². The fourth-order valence-corrected chi connectivity index (χ4v) is 15.7. The van der Waals surface area contributed by atoms with Crippen LogP contribution in [0.25, 0.3) is 141 Å². The summed E-state index contributed by atoms with van der Waals surface area (Å²) in [5.74, 6) is 0. The van der Waals surface area contributed by atoms with Gasteiger partial charge in [-0.15, -0.1) is 11.3 Å². The molecule has 3 heterocycles. The summed E-state index contributed by atoms with van der Waals surface area (Å²) in [7, 11) is 0. The summed E-state index contributed by atoms with van der Waals surface area (Å²) in [5.41, 5.74) is 22.8. The Morgan fingerprint density at radius 2 is 0.623 bits per heavy atom. The molecule has 0 saturated heterocycles. The monoisotopic (exact) mass is 998 g/mol. The molecule has 0 radical (unpaired) electrons. The fourth-order valence-electron chi connectivity index (χ4n) is 14.4. The van der Waals surface area contributed by atoms with E-state index in [1.54, 1.807) is 0 Å². The van der Waals surface area contributed by atoms with Crippen molar-refractivity contribution >= 4 is 96.7 Å². The molecule has 0 N–H and O–H groups in total. The Morgan fingerprint density at radius 1 is 0.260 bits per heavy atom. The van der Waals surface area contributed by atoms with E-state index in [9.17, 15) is 0 Å². The number of thiophene rings is 1. The topological polar surface area (TPSA) is 9.86 Å². The van der Waals surface area contributed by atoms with Crippen LogP contribution in [0.1, 0.15) is 49.9 Å². The minimum atomic E-state index is -0.152. The maximum Gasteiger partial charge on any atom is 0.0541 e. The maximum absolute atomic E-state index is 2.59. The van der Waals surface area contributed by atoms with E-state index in [1.165, 1.54) is 163 Å². The zero-order chi connectivity index (χ0) is 51.1. The lowest BCUT2D eigenvalue weighted by molar-refractivity contribution is 0.661. The second-order valence-corrected chi connectivity index (χ2v) is 23.8. The first-order valence-electron chi connectivity index (χ1n) is 27.1. The summed E-state index contributed by atoms with van der Waals surface area (Å²) in [5, 5.41) is 12.9. The summed E-state index contributed by atoms with van der Waals surface area (Å²) in [6.07, 6.45) is 0. The van der Waals surface area contributed by atoms with E-state index in [0.717, 1.165) is 0 Å². The molecular weight excluding hydrogens is 949 g/mol. The van der Waals surface area contributed by atoms with Crippen molar-refractivity contribution in [2.75, 3.05) is 0 Å². The Bertz CT molecular complexity index is 4760. The quantitative estimate of drug-likeness (QED) is 0.166. The Morgan fingerprint density at radius 3 is 1.08 bits per heavy atom. The van der Waals surface area contributed by atoms with E-state index in [0.29, 0.717) is 0 Å². The smallest absolute Gasteiger partial charge is 0.0541 e. The summed E-state index contributed by atoms with van der Waals surface area (Å²) in [6, 6.07) is 87.4. The van der Waals surface area contributed by atoms with Gasteiger partial charge < -0.3 is 9.13 Å². The summed E-state index contributed by atoms with van der Waals surface area (Å²) in [4.78, 5) is 0.